The first kappa shape index (κ1) is 16.8. The van der Waals surface area contributed by atoms with Crippen LogP contribution in [0, 0.1) is 10.2 Å². The second-order valence-corrected chi connectivity index (χ2v) is 6.24. The lowest BCUT2D eigenvalue weighted by atomic mass is 9.96. The van der Waals surface area contributed by atoms with Gasteiger partial charge in [0.2, 0.25) is 0 Å². The highest BCUT2D eigenvalue weighted by atomic mass is 35.7. The van der Waals surface area contributed by atoms with Crippen molar-refractivity contribution in [3.05, 3.63) is 65.2 Å². The van der Waals surface area contributed by atoms with Gasteiger partial charge in [-0.05, 0) is 35.9 Å². The van der Waals surface area contributed by atoms with Crippen LogP contribution in [-0.4, -0.2) is 7.11 Å². The third-order valence-electron chi connectivity index (χ3n) is 3.66. The molecule has 24 heavy (non-hydrogen) atoms. The van der Waals surface area contributed by atoms with E-state index in [1.165, 1.54) is 6.92 Å². The summed E-state index contributed by atoms with van der Waals surface area (Å²) in [5.41, 5.74) is 1.85. The highest BCUT2D eigenvalue weighted by molar-refractivity contribution is 5.80. The van der Waals surface area contributed by atoms with Gasteiger partial charge in [0.25, 0.3) is 0 Å². The van der Waals surface area contributed by atoms with Crippen LogP contribution in [0.15, 0.2) is 48.5 Å². The van der Waals surface area contributed by atoms with Gasteiger partial charge >= 0.3 is 5.79 Å². The van der Waals surface area contributed by atoms with E-state index in [2.05, 4.69) is 0 Å². The molecule has 1 heterocycles. The fraction of sp³-hybridized carbons (Fsp3) is 0.176. The number of methoxy groups -OCH3 is 1. The lowest BCUT2D eigenvalue weighted by Crippen LogP contribution is -2.64. The quantitative estimate of drug-likeness (QED) is 0.787. The topological polar surface area (TPSA) is 96.9 Å². The average Bonchev–Trinajstić information content (AvgIpc) is 2.53. The minimum atomic E-state index is -4.67. The van der Waals surface area contributed by atoms with Crippen LogP contribution in [0.25, 0.3) is 11.8 Å². The molecule has 7 heteroatoms. The number of halogens is 1. The second-order valence-electron chi connectivity index (χ2n) is 5.33. The molecule has 1 atom stereocenters. The van der Waals surface area contributed by atoms with Crippen LogP contribution < -0.4 is 18.7 Å². The molecule has 0 bridgehead atoms. The maximum absolute atomic E-state index is 11.1. The third kappa shape index (κ3) is 3.38. The lowest BCUT2D eigenvalue weighted by molar-refractivity contribution is -1.92. The van der Waals surface area contributed by atoms with E-state index in [9.17, 15) is 14.0 Å². The summed E-state index contributed by atoms with van der Waals surface area (Å²) in [6, 6.07) is 14.0. The number of hydrogen-bond acceptors (Lipinski definition) is 6. The Morgan fingerprint density at radius 3 is 2.29 bits per heavy atom. The monoisotopic (exact) mass is 350 g/mol. The molecule has 6 nitrogen and oxygen atoms in total. The Bertz CT molecular complexity index is 765. The summed E-state index contributed by atoms with van der Waals surface area (Å²) >= 11 is 0. The molecule has 0 N–H and O–H groups in total. The Balaban J connectivity index is 2.05. The first-order chi connectivity index (χ1) is 11.3. The summed E-state index contributed by atoms with van der Waals surface area (Å²) in [5.74, 6) is -0.684. The summed E-state index contributed by atoms with van der Waals surface area (Å²) in [6.07, 6.45) is 1.76. The Hall–Kier alpha value is -2.09. The fourth-order valence-corrected chi connectivity index (χ4v) is 3.08. The Labute approximate surface area is 141 Å². The molecular formula is C17H15ClO6. The molecule has 0 fully saturated rings. The van der Waals surface area contributed by atoms with E-state index in [1.54, 1.807) is 61.7 Å². The van der Waals surface area contributed by atoms with Crippen molar-refractivity contribution in [2.24, 2.45) is 0 Å². The molecule has 0 aromatic heterocycles. The van der Waals surface area contributed by atoms with E-state index in [0.717, 1.165) is 0 Å². The molecule has 0 spiro atoms. The van der Waals surface area contributed by atoms with Crippen molar-refractivity contribution in [1.29, 1.82) is 0 Å². The molecule has 1 aliphatic heterocycles. The zero-order chi connectivity index (χ0) is 17.4. The normalized spacial score (nSPS) is 20.0. The van der Waals surface area contributed by atoms with E-state index in [4.69, 9.17) is 13.8 Å². The summed E-state index contributed by atoms with van der Waals surface area (Å²) in [5, 5.41) is 0. The molecule has 2 aromatic rings. The third-order valence-corrected chi connectivity index (χ3v) is 4.14. The zero-order valence-corrected chi connectivity index (χ0v) is 13.8. The van der Waals surface area contributed by atoms with Crippen molar-refractivity contribution in [3.63, 3.8) is 0 Å². The largest absolute Gasteiger partial charge is 0.497 e. The van der Waals surface area contributed by atoms with Gasteiger partial charge in [0.05, 0.1) is 17.4 Å². The number of ether oxygens (including phenoxy) is 2. The zero-order valence-electron chi connectivity index (χ0n) is 13.0. The Morgan fingerprint density at radius 2 is 1.67 bits per heavy atom. The maximum atomic E-state index is 11.1. The molecule has 126 valence electrons. The first-order valence-corrected chi connectivity index (χ1v) is 8.30. The molecule has 1 unspecified atom stereocenters. The second kappa shape index (κ2) is 6.08. The molecule has 0 aliphatic carbocycles. The van der Waals surface area contributed by atoms with E-state index in [1.807, 2.05) is 0 Å². The van der Waals surface area contributed by atoms with E-state index >= 15 is 0 Å². The molecular weight excluding hydrogens is 336 g/mol. The van der Waals surface area contributed by atoms with Gasteiger partial charge in [-0.3, -0.25) is 0 Å². The molecule has 2 aromatic carbocycles. The number of benzene rings is 2. The van der Waals surface area contributed by atoms with Gasteiger partial charge in [0.1, 0.15) is 15.8 Å². The summed E-state index contributed by atoms with van der Waals surface area (Å²) in [4.78, 5) is 0. The van der Waals surface area contributed by atoms with Gasteiger partial charge < -0.3 is 9.47 Å². The van der Waals surface area contributed by atoms with Gasteiger partial charge in [-0.15, -0.1) is 0 Å². The standard InChI is InChI=1S/C17H15ClO6/c1-17(24-18(19,20)21)15-6-4-3-5-13(15)11-16(23-17)12-7-9-14(22-2)10-8-12/h3-11H,1-2H3. The highest BCUT2D eigenvalue weighted by Gasteiger charge is 2.49. The van der Waals surface area contributed by atoms with Crippen LogP contribution in [0.3, 0.4) is 0 Å². The van der Waals surface area contributed by atoms with Crippen LogP contribution >= 0.6 is 0 Å². The van der Waals surface area contributed by atoms with Crippen LogP contribution in [0.4, 0.5) is 0 Å². The van der Waals surface area contributed by atoms with Crippen LogP contribution in [0.5, 0.6) is 5.75 Å². The molecule has 0 amide bonds. The van der Waals surface area contributed by atoms with Crippen molar-refractivity contribution >= 4 is 11.8 Å². The molecule has 0 saturated heterocycles. The predicted octanol–water partition coefficient (Wildman–Crippen LogP) is 0.310. The van der Waals surface area contributed by atoms with Crippen LogP contribution in [0.2, 0.25) is 0 Å². The van der Waals surface area contributed by atoms with Gasteiger partial charge in [-0.25, -0.2) is 0 Å². The summed E-state index contributed by atoms with van der Waals surface area (Å²) in [7, 11) is -3.11. The predicted molar refractivity (Wildman–Crippen MR) is 76.8 cm³/mol. The van der Waals surface area contributed by atoms with Gasteiger partial charge in [0.15, 0.2) is 0 Å². The number of rotatable bonds is 4. The van der Waals surface area contributed by atoms with E-state index in [-0.39, 0.29) is 0 Å². The van der Waals surface area contributed by atoms with E-state index in [0.29, 0.717) is 28.2 Å². The number of hydrogen-bond donors (Lipinski definition) is 0. The lowest BCUT2D eigenvalue weighted by Gasteiger charge is -2.32. The van der Waals surface area contributed by atoms with Crippen molar-refractivity contribution in [2.75, 3.05) is 7.11 Å². The first-order valence-electron chi connectivity index (χ1n) is 7.07. The Kier molecular flexibility index (Phi) is 4.25. The molecule has 0 saturated carbocycles. The van der Waals surface area contributed by atoms with Gasteiger partial charge in [-0.2, -0.15) is 14.0 Å². The minimum Gasteiger partial charge on any atom is -0.497 e. The van der Waals surface area contributed by atoms with E-state index < -0.39 is 16.0 Å². The van der Waals surface area contributed by atoms with Crippen molar-refractivity contribution in [2.45, 2.75) is 12.7 Å². The molecule has 0 radical (unpaired) electrons. The highest BCUT2D eigenvalue weighted by Crippen LogP contribution is 2.41. The maximum Gasteiger partial charge on any atom is 0.385 e. The van der Waals surface area contributed by atoms with Crippen molar-refractivity contribution in [3.8, 4) is 5.75 Å². The van der Waals surface area contributed by atoms with Crippen LogP contribution in [0.1, 0.15) is 23.6 Å². The average molecular weight is 351 g/mol. The van der Waals surface area contributed by atoms with Crippen LogP contribution in [-0.2, 0) is 14.8 Å². The Morgan fingerprint density at radius 1 is 1.00 bits per heavy atom. The van der Waals surface area contributed by atoms with Crippen molar-refractivity contribution in [1.82, 2.24) is 0 Å². The summed E-state index contributed by atoms with van der Waals surface area (Å²) in [6.45, 7) is 1.39. The van der Waals surface area contributed by atoms with Gasteiger partial charge in [-0.1, -0.05) is 24.3 Å². The smallest absolute Gasteiger partial charge is 0.385 e. The number of fused-ring (bicyclic) bond motifs is 1. The molecule has 1 aliphatic rings. The van der Waals surface area contributed by atoms with Crippen molar-refractivity contribution < 1.29 is 38.0 Å². The SMILES string of the molecule is COc1ccc(C2=Cc3ccccc3C(C)(O[Cl+3]([O-])([O-])[O-])O2)cc1. The fourth-order valence-electron chi connectivity index (χ4n) is 2.61. The summed E-state index contributed by atoms with van der Waals surface area (Å²) < 4.78 is 48.9. The minimum absolute atomic E-state index is 0.387. The van der Waals surface area contributed by atoms with Gasteiger partial charge in [0, 0.05) is 18.1 Å². The molecule has 3 rings (SSSR count).